The van der Waals surface area contributed by atoms with Crippen LogP contribution in [0, 0.1) is 0 Å². The molecule has 0 bridgehead atoms. The molecule has 1 N–H and O–H groups in total. The van der Waals surface area contributed by atoms with E-state index in [4.69, 9.17) is 4.98 Å². The van der Waals surface area contributed by atoms with Gasteiger partial charge in [0.25, 0.3) is 0 Å². The van der Waals surface area contributed by atoms with E-state index >= 15 is 0 Å². The second kappa shape index (κ2) is 5.38. The van der Waals surface area contributed by atoms with Gasteiger partial charge < -0.3 is 5.32 Å². The van der Waals surface area contributed by atoms with Crippen LogP contribution in [-0.2, 0) is 6.54 Å². The fourth-order valence-electron chi connectivity index (χ4n) is 2.13. The summed E-state index contributed by atoms with van der Waals surface area (Å²) < 4.78 is 1.78. The summed E-state index contributed by atoms with van der Waals surface area (Å²) in [5.41, 5.74) is 2.98. The van der Waals surface area contributed by atoms with Gasteiger partial charge in [0.2, 0.25) is 0 Å². The molecule has 0 aliphatic rings. The van der Waals surface area contributed by atoms with Crippen molar-refractivity contribution in [2.24, 2.45) is 0 Å². The number of pyridine rings is 1. The summed E-state index contributed by atoms with van der Waals surface area (Å²) in [6.45, 7) is 4.99. The van der Waals surface area contributed by atoms with Gasteiger partial charge in [-0.15, -0.1) is 0 Å². The van der Waals surface area contributed by atoms with E-state index in [2.05, 4.69) is 41.4 Å². The first-order valence-electron chi connectivity index (χ1n) is 6.71. The molecule has 2 heterocycles. The van der Waals surface area contributed by atoms with Gasteiger partial charge in [0, 0.05) is 18.0 Å². The predicted molar refractivity (Wildman–Crippen MR) is 78.6 cm³/mol. The Labute approximate surface area is 117 Å². The van der Waals surface area contributed by atoms with E-state index in [1.807, 2.05) is 18.2 Å². The Kier molecular flexibility index (Phi) is 3.43. The number of benzene rings is 1. The zero-order chi connectivity index (χ0) is 13.9. The monoisotopic (exact) mass is 267 g/mol. The average molecular weight is 267 g/mol. The van der Waals surface area contributed by atoms with Crippen molar-refractivity contribution in [3.8, 4) is 5.69 Å². The summed E-state index contributed by atoms with van der Waals surface area (Å²) in [7, 11) is 0. The van der Waals surface area contributed by atoms with Crippen molar-refractivity contribution in [1.82, 2.24) is 25.1 Å². The van der Waals surface area contributed by atoms with Crippen LogP contribution < -0.4 is 5.32 Å². The van der Waals surface area contributed by atoms with Crippen LogP contribution in [-0.4, -0.2) is 25.8 Å². The van der Waals surface area contributed by atoms with Crippen LogP contribution in [0.15, 0.2) is 43.0 Å². The first-order valence-corrected chi connectivity index (χ1v) is 6.71. The molecule has 5 heteroatoms. The van der Waals surface area contributed by atoms with Gasteiger partial charge in [-0.1, -0.05) is 32.0 Å². The fraction of sp³-hybridized carbons (Fsp3) is 0.267. The van der Waals surface area contributed by atoms with E-state index in [1.165, 1.54) is 0 Å². The topological polar surface area (TPSA) is 55.6 Å². The maximum atomic E-state index is 4.69. The van der Waals surface area contributed by atoms with Crippen LogP contribution in [0.3, 0.4) is 0 Å². The summed E-state index contributed by atoms with van der Waals surface area (Å²) in [6, 6.07) is 10.6. The Morgan fingerprint density at radius 3 is 2.85 bits per heavy atom. The van der Waals surface area contributed by atoms with E-state index in [-0.39, 0.29) is 0 Å². The number of rotatable bonds is 4. The zero-order valence-electron chi connectivity index (χ0n) is 11.6. The van der Waals surface area contributed by atoms with Crippen LogP contribution in [0.5, 0.6) is 0 Å². The highest BCUT2D eigenvalue weighted by Crippen LogP contribution is 2.21. The molecule has 3 rings (SSSR count). The van der Waals surface area contributed by atoms with E-state index in [1.54, 1.807) is 17.3 Å². The third-order valence-electron chi connectivity index (χ3n) is 3.10. The molecule has 20 heavy (non-hydrogen) atoms. The van der Waals surface area contributed by atoms with Gasteiger partial charge in [-0.2, -0.15) is 5.10 Å². The molecule has 3 aromatic rings. The predicted octanol–water partition coefficient (Wildman–Crippen LogP) is 2.31. The van der Waals surface area contributed by atoms with Gasteiger partial charge in [-0.3, -0.25) is 4.98 Å². The number of hydrogen-bond donors (Lipinski definition) is 1. The normalized spacial score (nSPS) is 11.3. The van der Waals surface area contributed by atoms with Gasteiger partial charge in [0.15, 0.2) is 0 Å². The van der Waals surface area contributed by atoms with Crippen LogP contribution in [0.25, 0.3) is 16.6 Å². The van der Waals surface area contributed by atoms with E-state index in [0.29, 0.717) is 6.04 Å². The minimum absolute atomic E-state index is 0.429. The molecule has 0 spiro atoms. The Hall–Kier alpha value is -2.27. The van der Waals surface area contributed by atoms with Gasteiger partial charge >= 0.3 is 0 Å². The summed E-state index contributed by atoms with van der Waals surface area (Å²) >= 11 is 0. The third kappa shape index (κ3) is 2.53. The lowest BCUT2D eigenvalue weighted by atomic mass is 10.1. The van der Waals surface area contributed by atoms with Crippen molar-refractivity contribution >= 4 is 10.9 Å². The second-order valence-corrected chi connectivity index (χ2v) is 5.03. The van der Waals surface area contributed by atoms with Gasteiger partial charge in [0.05, 0.1) is 16.9 Å². The Balaban J connectivity index is 2.10. The maximum Gasteiger partial charge on any atom is 0.138 e. The van der Waals surface area contributed by atoms with Gasteiger partial charge in [-0.05, 0) is 12.1 Å². The summed E-state index contributed by atoms with van der Waals surface area (Å²) in [4.78, 5) is 8.72. The molecule has 1 aromatic carbocycles. The fourth-order valence-corrected chi connectivity index (χ4v) is 2.13. The molecule has 102 valence electrons. The highest BCUT2D eigenvalue weighted by molar-refractivity contribution is 5.87. The number of fused-ring (bicyclic) bond motifs is 1. The Morgan fingerprint density at radius 1 is 1.25 bits per heavy atom. The number of nitrogens with one attached hydrogen (secondary N) is 1. The number of nitrogens with zero attached hydrogens (tertiary/aromatic N) is 4. The molecule has 2 aromatic heterocycles. The Morgan fingerprint density at radius 2 is 2.10 bits per heavy atom. The average Bonchev–Trinajstić information content (AvgIpc) is 2.98. The highest BCUT2D eigenvalue weighted by Gasteiger charge is 2.08. The van der Waals surface area contributed by atoms with Crippen molar-refractivity contribution in [2.75, 3.05) is 0 Å². The molecule has 0 radical (unpaired) electrons. The highest BCUT2D eigenvalue weighted by atomic mass is 15.3. The largest absolute Gasteiger partial charge is 0.309 e. The number of para-hydroxylation sites is 1. The number of aromatic nitrogens is 4. The molecule has 0 amide bonds. The quantitative estimate of drug-likeness (QED) is 0.788. The van der Waals surface area contributed by atoms with E-state index in [0.717, 1.165) is 28.8 Å². The first-order chi connectivity index (χ1) is 9.74. The Bertz CT molecular complexity index is 703. The summed E-state index contributed by atoms with van der Waals surface area (Å²) in [6.07, 6.45) is 3.25. The molecule has 0 fully saturated rings. The third-order valence-corrected chi connectivity index (χ3v) is 3.10. The maximum absolute atomic E-state index is 4.69. The first kappa shape index (κ1) is 12.7. The van der Waals surface area contributed by atoms with Crippen molar-refractivity contribution < 1.29 is 0 Å². The van der Waals surface area contributed by atoms with Crippen LogP contribution >= 0.6 is 0 Å². The van der Waals surface area contributed by atoms with Crippen molar-refractivity contribution in [1.29, 1.82) is 0 Å². The van der Waals surface area contributed by atoms with E-state index < -0.39 is 0 Å². The molecular weight excluding hydrogens is 250 g/mol. The summed E-state index contributed by atoms with van der Waals surface area (Å²) in [5.74, 6) is 0. The molecule has 5 nitrogen and oxygen atoms in total. The molecule has 0 aliphatic carbocycles. The summed E-state index contributed by atoms with van der Waals surface area (Å²) in [5, 5.41) is 8.70. The molecule has 0 saturated carbocycles. The van der Waals surface area contributed by atoms with Crippen molar-refractivity contribution in [2.45, 2.75) is 26.4 Å². The van der Waals surface area contributed by atoms with Crippen molar-refractivity contribution in [3.05, 3.63) is 48.7 Å². The van der Waals surface area contributed by atoms with Crippen molar-refractivity contribution in [3.63, 3.8) is 0 Å². The SMILES string of the molecule is CC(C)NCc1cc(-n2cncn2)c2ccccc2n1. The van der Waals surface area contributed by atoms with E-state index in [9.17, 15) is 0 Å². The zero-order valence-corrected chi connectivity index (χ0v) is 11.6. The molecular formula is C15H17N5. The van der Waals surface area contributed by atoms with Crippen LogP contribution in [0.4, 0.5) is 0 Å². The minimum Gasteiger partial charge on any atom is -0.309 e. The lowest BCUT2D eigenvalue weighted by Crippen LogP contribution is -2.22. The lowest BCUT2D eigenvalue weighted by molar-refractivity contribution is 0.582. The molecule has 0 unspecified atom stereocenters. The molecule has 0 atom stereocenters. The standard InChI is InChI=1S/C15H17N5/c1-11(2)17-8-12-7-15(20-10-16-9-18-20)13-5-3-4-6-14(13)19-12/h3-7,9-11,17H,8H2,1-2H3. The smallest absolute Gasteiger partial charge is 0.138 e. The molecule has 0 aliphatic heterocycles. The molecule has 0 saturated heterocycles. The second-order valence-electron chi connectivity index (χ2n) is 5.03. The number of hydrogen-bond acceptors (Lipinski definition) is 4. The van der Waals surface area contributed by atoms with Gasteiger partial charge in [-0.25, -0.2) is 9.67 Å². The van der Waals surface area contributed by atoms with Gasteiger partial charge in [0.1, 0.15) is 12.7 Å². The minimum atomic E-state index is 0.429. The van der Waals surface area contributed by atoms with Crippen LogP contribution in [0.2, 0.25) is 0 Å². The van der Waals surface area contributed by atoms with Crippen LogP contribution in [0.1, 0.15) is 19.5 Å². The lowest BCUT2D eigenvalue weighted by Gasteiger charge is -2.11.